The summed E-state index contributed by atoms with van der Waals surface area (Å²) in [7, 11) is 1.62. The Labute approximate surface area is 127 Å². The Kier molecular flexibility index (Phi) is 3.62. The van der Waals surface area contributed by atoms with Crippen molar-refractivity contribution in [1.82, 2.24) is 10.2 Å². The number of carboxylic acids is 1. The normalized spacial score (nSPS) is 10.4. The number of nitrogens with zero attached hydrogens (tertiary/aromatic N) is 1. The number of aromatic amines is 1. The molecule has 1 heterocycles. The average molecular weight is 294 g/mol. The number of methoxy groups -OCH3 is 1. The van der Waals surface area contributed by atoms with E-state index in [4.69, 9.17) is 9.84 Å². The molecule has 0 unspecified atom stereocenters. The summed E-state index contributed by atoms with van der Waals surface area (Å²) in [5, 5.41) is 16.3. The second-order valence-corrected chi connectivity index (χ2v) is 4.75. The highest BCUT2D eigenvalue weighted by Gasteiger charge is 2.11. The summed E-state index contributed by atoms with van der Waals surface area (Å²) in [4.78, 5) is 11.0. The number of hydrogen-bond donors (Lipinski definition) is 2. The third kappa shape index (κ3) is 2.56. The van der Waals surface area contributed by atoms with Crippen molar-refractivity contribution in [2.45, 2.75) is 0 Å². The van der Waals surface area contributed by atoms with Gasteiger partial charge >= 0.3 is 5.97 Å². The number of aromatic carboxylic acids is 1. The molecule has 0 bridgehead atoms. The van der Waals surface area contributed by atoms with E-state index in [0.717, 1.165) is 22.6 Å². The minimum Gasteiger partial charge on any atom is -0.496 e. The summed E-state index contributed by atoms with van der Waals surface area (Å²) in [6, 6.07) is 16.2. The van der Waals surface area contributed by atoms with Crippen molar-refractivity contribution in [2.24, 2.45) is 0 Å². The number of rotatable bonds is 4. The van der Waals surface area contributed by atoms with E-state index in [1.165, 1.54) is 0 Å². The average Bonchev–Trinajstić information content (AvgIpc) is 3.04. The molecule has 110 valence electrons. The first-order valence-corrected chi connectivity index (χ1v) is 6.71. The van der Waals surface area contributed by atoms with Crippen molar-refractivity contribution in [1.29, 1.82) is 0 Å². The van der Waals surface area contributed by atoms with Gasteiger partial charge in [0.05, 0.1) is 24.1 Å². The van der Waals surface area contributed by atoms with Crippen LogP contribution < -0.4 is 4.74 Å². The second-order valence-electron chi connectivity index (χ2n) is 4.75. The van der Waals surface area contributed by atoms with Crippen molar-refractivity contribution in [3.05, 3.63) is 60.2 Å². The van der Waals surface area contributed by atoms with E-state index in [0.29, 0.717) is 5.69 Å². The van der Waals surface area contributed by atoms with E-state index in [1.807, 2.05) is 36.4 Å². The first kappa shape index (κ1) is 13.9. The molecule has 0 saturated heterocycles. The number of carbonyl (C=O) groups is 1. The fourth-order valence-electron chi connectivity index (χ4n) is 2.29. The molecule has 3 aromatic rings. The number of nitrogens with one attached hydrogen (secondary N) is 1. The molecule has 0 aliphatic carbocycles. The zero-order valence-electron chi connectivity index (χ0n) is 11.9. The number of aromatic nitrogens is 2. The van der Waals surface area contributed by atoms with Gasteiger partial charge in [-0.05, 0) is 30.3 Å². The van der Waals surface area contributed by atoms with Gasteiger partial charge in [-0.1, -0.05) is 24.3 Å². The number of para-hydroxylation sites is 1. The zero-order chi connectivity index (χ0) is 15.5. The molecule has 0 aliphatic heterocycles. The first-order valence-electron chi connectivity index (χ1n) is 6.71. The molecule has 5 heteroatoms. The van der Waals surface area contributed by atoms with Crippen LogP contribution in [0.15, 0.2) is 54.6 Å². The van der Waals surface area contributed by atoms with E-state index in [2.05, 4.69) is 10.2 Å². The predicted octanol–water partition coefficient (Wildman–Crippen LogP) is 3.45. The lowest BCUT2D eigenvalue weighted by Gasteiger charge is -2.05. The topological polar surface area (TPSA) is 75.2 Å². The molecule has 2 aromatic carbocycles. The molecular formula is C17H14N2O3. The van der Waals surface area contributed by atoms with Crippen molar-refractivity contribution in [3.63, 3.8) is 0 Å². The highest BCUT2D eigenvalue weighted by molar-refractivity contribution is 5.89. The van der Waals surface area contributed by atoms with Crippen molar-refractivity contribution >= 4 is 5.97 Å². The van der Waals surface area contributed by atoms with Crippen LogP contribution in [0.3, 0.4) is 0 Å². The Morgan fingerprint density at radius 3 is 2.73 bits per heavy atom. The van der Waals surface area contributed by atoms with Crippen LogP contribution >= 0.6 is 0 Å². The fourth-order valence-corrected chi connectivity index (χ4v) is 2.29. The SMILES string of the molecule is COc1ccccc1-c1cc(-c2cccc(C(=O)O)c2)n[nH]1. The van der Waals surface area contributed by atoms with Gasteiger partial charge in [0.15, 0.2) is 0 Å². The molecule has 5 nitrogen and oxygen atoms in total. The molecule has 22 heavy (non-hydrogen) atoms. The number of benzene rings is 2. The molecule has 0 saturated carbocycles. The molecule has 0 atom stereocenters. The quantitative estimate of drug-likeness (QED) is 0.772. The lowest BCUT2D eigenvalue weighted by atomic mass is 10.1. The summed E-state index contributed by atoms with van der Waals surface area (Å²) in [5.74, 6) is -0.209. The molecule has 0 spiro atoms. The smallest absolute Gasteiger partial charge is 0.335 e. The highest BCUT2D eigenvalue weighted by Crippen LogP contribution is 2.30. The molecule has 0 amide bonds. The maximum Gasteiger partial charge on any atom is 0.335 e. The van der Waals surface area contributed by atoms with Gasteiger partial charge in [-0.2, -0.15) is 5.10 Å². The maximum absolute atomic E-state index is 11.0. The Hall–Kier alpha value is -3.08. The molecule has 2 N–H and O–H groups in total. The van der Waals surface area contributed by atoms with Crippen molar-refractivity contribution < 1.29 is 14.6 Å². The molecule has 3 rings (SSSR count). The van der Waals surface area contributed by atoms with E-state index >= 15 is 0 Å². The second kappa shape index (κ2) is 5.73. The fraction of sp³-hybridized carbons (Fsp3) is 0.0588. The first-order chi connectivity index (χ1) is 10.7. The lowest BCUT2D eigenvalue weighted by molar-refractivity contribution is 0.0697. The van der Waals surface area contributed by atoms with E-state index in [1.54, 1.807) is 25.3 Å². The number of carboxylic acid groups (broad SMARTS) is 1. The molecular weight excluding hydrogens is 280 g/mol. The standard InChI is InChI=1S/C17H14N2O3/c1-22-16-8-3-2-7-13(16)15-10-14(18-19-15)11-5-4-6-12(9-11)17(20)21/h2-10H,1H3,(H,18,19)(H,20,21). The Balaban J connectivity index is 2.01. The van der Waals surface area contributed by atoms with E-state index < -0.39 is 5.97 Å². The summed E-state index contributed by atoms with van der Waals surface area (Å²) in [6.07, 6.45) is 0. The summed E-state index contributed by atoms with van der Waals surface area (Å²) in [5.41, 5.74) is 3.38. The Morgan fingerprint density at radius 2 is 1.95 bits per heavy atom. The minimum atomic E-state index is -0.956. The predicted molar refractivity (Wildman–Crippen MR) is 83.0 cm³/mol. The van der Waals surface area contributed by atoms with E-state index in [9.17, 15) is 4.79 Å². The van der Waals surface area contributed by atoms with Crippen LogP contribution in [-0.4, -0.2) is 28.4 Å². The van der Waals surface area contributed by atoms with Crippen LogP contribution in [0.4, 0.5) is 0 Å². The Bertz CT molecular complexity index is 824. The third-order valence-corrected chi connectivity index (χ3v) is 3.38. The molecule has 0 fully saturated rings. The van der Waals surface area contributed by atoms with Gasteiger partial charge < -0.3 is 9.84 Å². The van der Waals surface area contributed by atoms with Gasteiger partial charge in [0, 0.05) is 11.1 Å². The van der Waals surface area contributed by atoms with Crippen molar-refractivity contribution in [3.8, 4) is 28.3 Å². The zero-order valence-corrected chi connectivity index (χ0v) is 11.9. The Morgan fingerprint density at radius 1 is 1.14 bits per heavy atom. The lowest BCUT2D eigenvalue weighted by Crippen LogP contribution is -1.95. The third-order valence-electron chi connectivity index (χ3n) is 3.38. The monoisotopic (exact) mass is 294 g/mol. The largest absolute Gasteiger partial charge is 0.496 e. The summed E-state index contributed by atoms with van der Waals surface area (Å²) >= 11 is 0. The summed E-state index contributed by atoms with van der Waals surface area (Å²) in [6.45, 7) is 0. The number of ether oxygens (including phenoxy) is 1. The van der Waals surface area contributed by atoms with Gasteiger partial charge in [-0.25, -0.2) is 4.79 Å². The minimum absolute atomic E-state index is 0.236. The van der Waals surface area contributed by atoms with Gasteiger partial charge in [-0.3, -0.25) is 5.10 Å². The van der Waals surface area contributed by atoms with Crippen LogP contribution in [0.5, 0.6) is 5.75 Å². The number of H-pyrrole nitrogens is 1. The van der Waals surface area contributed by atoms with Gasteiger partial charge in [0.2, 0.25) is 0 Å². The molecule has 1 aromatic heterocycles. The molecule has 0 aliphatic rings. The van der Waals surface area contributed by atoms with Gasteiger partial charge in [-0.15, -0.1) is 0 Å². The van der Waals surface area contributed by atoms with E-state index in [-0.39, 0.29) is 5.56 Å². The van der Waals surface area contributed by atoms with Crippen LogP contribution in [-0.2, 0) is 0 Å². The highest BCUT2D eigenvalue weighted by atomic mass is 16.5. The maximum atomic E-state index is 11.0. The van der Waals surface area contributed by atoms with Crippen LogP contribution in [0, 0.1) is 0 Å². The van der Waals surface area contributed by atoms with Crippen LogP contribution in [0.1, 0.15) is 10.4 Å². The van der Waals surface area contributed by atoms with Gasteiger partial charge in [0.25, 0.3) is 0 Å². The molecule has 0 radical (unpaired) electrons. The van der Waals surface area contributed by atoms with Crippen molar-refractivity contribution in [2.75, 3.05) is 7.11 Å². The van der Waals surface area contributed by atoms with Gasteiger partial charge in [0.1, 0.15) is 5.75 Å². The van der Waals surface area contributed by atoms with Crippen LogP contribution in [0.25, 0.3) is 22.5 Å². The number of hydrogen-bond acceptors (Lipinski definition) is 3. The van der Waals surface area contributed by atoms with Crippen LogP contribution in [0.2, 0.25) is 0 Å². The summed E-state index contributed by atoms with van der Waals surface area (Å²) < 4.78 is 5.34.